The Morgan fingerprint density at radius 2 is 1.74 bits per heavy atom. The topological polar surface area (TPSA) is 63.4 Å². The predicted octanol–water partition coefficient (Wildman–Crippen LogP) is 7.45. The molecule has 1 aliphatic rings. The largest absolute Gasteiger partial charge is 0.378 e. The first-order valence-electron chi connectivity index (χ1n) is 12.4. The number of hydrogen-bond acceptors (Lipinski definition) is 3. The van der Waals surface area contributed by atoms with Crippen LogP contribution in [0.15, 0.2) is 72.8 Å². The molecule has 0 spiro atoms. The number of nitrogens with zero attached hydrogens (tertiary/aromatic N) is 3. The van der Waals surface area contributed by atoms with Gasteiger partial charge in [0, 0.05) is 39.1 Å². The lowest BCUT2D eigenvalue weighted by Crippen LogP contribution is -2.16. The van der Waals surface area contributed by atoms with Crippen LogP contribution in [0.1, 0.15) is 34.7 Å². The molecule has 5 aromatic rings. The van der Waals surface area contributed by atoms with Gasteiger partial charge in [-0.25, -0.2) is 8.91 Å². The van der Waals surface area contributed by atoms with Crippen LogP contribution in [0.3, 0.4) is 0 Å². The first-order valence-corrected chi connectivity index (χ1v) is 13.2. The number of anilines is 2. The minimum absolute atomic E-state index is 0.276. The van der Waals surface area contributed by atoms with Crippen LogP contribution in [0, 0.1) is 5.82 Å². The van der Waals surface area contributed by atoms with E-state index in [1.54, 1.807) is 40.9 Å². The summed E-state index contributed by atoms with van der Waals surface area (Å²) in [5.41, 5.74) is 5.62. The van der Waals surface area contributed by atoms with Gasteiger partial charge in [0.05, 0.1) is 6.54 Å². The molecule has 0 bridgehead atoms. The van der Waals surface area contributed by atoms with E-state index in [2.05, 4.69) is 15.2 Å². The van der Waals surface area contributed by atoms with Gasteiger partial charge in [-0.05, 0) is 79.4 Å². The summed E-state index contributed by atoms with van der Waals surface area (Å²) in [5, 5.41) is 12.4. The summed E-state index contributed by atoms with van der Waals surface area (Å²) >= 11 is 12.4. The van der Waals surface area contributed by atoms with E-state index in [-0.39, 0.29) is 11.7 Å². The lowest BCUT2D eigenvalue weighted by atomic mass is 9.98. The van der Waals surface area contributed by atoms with Crippen molar-refractivity contribution in [1.29, 1.82) is 0 Å². The molecule has 0 saturated heterocycles. The zero-order chi connectivity index (χ0) is 26.2. The van der Waals surface area contributed by atoms with Crippen LogP contribution in [0.5, 0.6) is 0 Å². The van der Waals surface area contributed by atoms with Crippen LogP contribution >= 0.6 is 23.2 Å². The Morgan fingerprint density at radius 1 is 0.947 bits per heavy atom. The highest BCUT2D eigenvalue weighted by Crippen LogP contribution is 2.37. The van der Waals surface area contributed by atoms with E-state index in [9.17, 15) is 9.18 Å². The van der Waals surface area contributed by atoms with Crippen molar-refractivity contribution in [2.24, 2.45) is 0 Å². The number of carbonyl (C=O) groups excluding carboxylic acids is 1. The van der Waals surface area contributed by atoms with E-state index in [4.69, 9.17) is 28.3 Å². The molecule has 6 rings (SSSR count). The van der Waals surface area contributed by atoms with Crippen molar-refractivity contribution < 1.29 is 9.18 Å². The molecule has 0 saturated carbocycles. The number of amides is 1. The van der Waals surface area contributed by atoms with Crippen molar-refractivity contribution in [3.05, 3.63) is 106 Å². The number of nitrogens with one attached hydrogen (secondary N) is 2. The fourth-order valence-corrected chi connectivity index (χ4v) is 5.39. The standard InChI is InChI=1S/C29H24Cl2FN5O/c30-19-9-7-18(8-10-19)26-24-6-1-2-15-36-25(17-33-22-13-11-21(32)12-14-22)35-37(29(24)36)27(26)28(38)34-23-5-3-4-20(31)16-23/h3-5,7-14,16,33H,1-2,6,15,17H2,(H,34,38). The molecular formula is C29H24Cl2FN5O. The Balaban J connectivity index is 1.49. The summed E-state index contributed by atoms with van der Waals surface area (Å²) in [6, 6.07) is 20.9. The average Bonchev–Trinajstić information content (AvgIpc) is 3.30. The Labute approximate surface area is 229 Å². The number of aromatic nitrogens is 3. The zero-order valence-electron chi connectivity index (χ0n) is 20.3. The van der Waals surface area contributed by atoms with Gasteiger partial charge >= 0.3 is 0 Å². The number of hydrogen-bond donors (Lipinski definition) is 2. The zero-order valence-corrected chi connectivity index (χ0v) is 21.9. The van der Waals surface area contributed by atoms with Crippen LogP contribution < -0.4 is 10.6 Å². The van der Waals surface area contributed by atoms with Crippen molar-refractivity contribution in [2.75, 3.05) is 10.6 Å². The van der Waals surface area contributed by atoms with Crippen LogP contribution in [-0.2, 0) is 19.5 Å². The quantitative estimate of drug-likeness (QED) is 0.232. The van der Waals surface area contributed by atoms with Crippen LogP contribution in [0.2, 0.25) is 10.0 Å². The van der Waals surface area contributed by atoms with Gasteiger partial charge in [0.25, 0.3) is 5.91 Å². The Morgan fingerprint density at radius 3 is 2.50 bits per heavy atom. The van der Waals surface area contributed by atoms with E-state index >= 15 is 0 Å². The molecule has 3 heterocycles. The summed E-state index contributed by atoms with van der Waals surface area (Å²) in [6.07, 6.45) is 2.80. The summed E-state index contributed by atoms with van der Waals surface area (Å²) < 4.78 is 17.3. The normalized spacial score (nSPS) is 12.9. The van der Waals surface area contributed by atoms with Crippen molar-refractivity contribution in [3.63, 3.8) is 0 Å². The lowest BCUT2D eigenvalue weighted by molar-refractivity contribution is 0.102. The van der Waals surface area contributed by atoms with Crippen LogP contribution in [-0.4, -0.2) is 20.1 Å². The third-order valence-corrected chi connectivity index (χ3v) is 7.27. The molecule has 2 aromatic heterocycles. The summed E-state index contributed by atoms with van der Waals surface area (Å²) in [6.45, 7) is 1.22. The number of aryl methyl sites for hydroxylation is 2. The van der Waals surface area contributed by atoms with E-state index in [1.165, 1.54) is 12.1 Å². The van der Waals surface area contributed by atoms with E-state index in [1.807, 2.05) is 24.3 Å². The number of carbonyl (C=O) groups is 1. The second-order valence-electron chi connectivity index (χ2n) is 9.29. The van der Waals surface area contributed by atoms with Crippen molar-refractivity contribution in [2.45, 2.75) is 32.4 Å². The van der Waals surface area contributed by atoms with E-state index in [0.717, 1.165) is 59.7 Å². The van der Waals surface area contributed by atoms with Gasteiger partial charge in [-0.1, -0.05) is 41.4 Å². The smallest absolute Gasteiger partial charge is 0.275 e. The highest BCUT2D eigenvalue weighted by atomic mass is 35.5. The molecule has 0 fully saturated rings. The highest BCUT2D eigenvalue weighted by Gasteiger charge is 2.30. The number of benzene rings is 3. The fraction of sp³-hybridized carbons (Fsp3) is 0.172. The molecule has 192 valence electrons. The lowest BCUT2D eigenvalue weighted by Gasteiger charge is -2.10. The molecule has 6 nitrogen and oxygen atoms in total. The third kappa shape index (κ3) is 4.64. The van der Waals surface area contributed by atoms with Crippen LogP contribution in [0.4, 0.5) is 15.8 Å². The first kappa shape index (κ1) is 24.5. The SMILES string of the molecule is O=C(Nc1cccc(Cl)c1)c1c(-c2ccc(Cl)cc2)c2c3n(c(CNc4ccc(F)cc4)nn13)CCCC2. The molecule has 0 atom stereocenters. The molecule has 0 radical (unpaired) electrons. The van der Waals surface area contributed by atoms with Gasteiger partial charge in [-0.2, -0.15) is 5.10 Å². The molecule has 1 amide bonds. The summed E-state index contributed by atoms with van der Waals surface area (Å²) in [4.78, 5) is 13.9. The van der Waals surface area contributed by atoms with Gasteiger partial charge in [-0.3, -0.25) is 4.79 Å². The molecular weight excluding hydrogens is 524 g/mol. The Hall–Kier alpha value is -3.81. The number of rotatable bonds is 6. The maximum atomic E-state index is 13.9. The highest BCUT2D eigenvalue weighted by molar-refractivity contribution is 6.31. The molecule has 2 N–H and O–H groups in total. The first-order chi connectivity index (χ1) is 18.5. The van der Waals surface area contributed by atoms with E-state index < -0.39 is 0 Å². The Bertz CT molecular complexity index is 1640. The molecule has 1 aliphatic heterocycles. The van der Waals surface area contributed by atoms with Crippen molar-refractivity contribution >= 4 is 46.1 Å². The van der Waals surface area contributed by atoms with Crippen LogP contribution in [0.25, 0.3) is 16.8 Å². The molecule has 3 aromatic carbocycles. The van der Waals surface area contributed by atoms with Gasteiger partial charge < -0.3 is 15.2 Å². The molecule has 0 aliphatic carbocycles. The summed E-state index contributed by atoms with van der Waals surface area (Å²) in [7, 11) is 0. The summed E-state index contributed by atoms with van der Waals surface area (Å²) in [5.74, 6) is 0.237. The second kappa shape index (κ2) is 10.2. The molecule has 9 heteroatoms. The second-order valence-corrected chi connectivity index (χ2v) is 10.2. The average molecular weight is 548 g/mol. The van der Waals surface area contributed by atoms with Gasteiger partial charge in [0.1, 0.15) is 17.2 Å². The molecule has 38 heavy (non-hydrogen) atoms. The van der Waals surface area contributed by atoms with Gasteiger partial charge in [0.2, 0.25) is 0 Å². The number of halogens is 3. The monoisotopic (exact) mass is 547 g/mol. The fourth-order valence-electron chi connectivity index (χ4n) is 5.08. The van der Waals surface area contributed by atoms with E-state index in [0.29, 0.717) is 28.0 Å². The van der Waals surface area contributed by atoms with Gasteiger partial charge in [0.15, 0.2) is 5.82 Å². The predicted molar refractivity (Wildman–Crippen MR) is 150 cm³/mol. The minimum atomic E-state index is -0.285. The van der Waals surface area contributed by atoms with Crippen molar-refractivity contribution in [3.8, 4) is 11.1 Å². The Kier molecular flexibility index (Phi) is 6.55. The minimum Gasteiger partial charge on any atom is -0.378 e. The van der Waals surface area contributed by atoms with Crippen molar-refractivity contribution in [1.82, 2.24) is 14.2 Å². The maximum Gasteiger partial charge on any atom is 0.275 e. The maximum absolute atomic E-state index is 13.9. The molecule has 0 unspecified atom stereocenters. The van der Waals surface area contributed by atoms with Gasteiger partial charge in [-0.15, -0.1) is 0 Å². The third-order valence-electron chi connectivity index (χ3n) is 6.79.